The fourth-order valence-corrected chi connectivity index (χ4v) is 18.6. The molecule has 11 rings (SSSR count). The third-order valence-electron chi connectivity index (χ3n) is 24.0. The fraction of sp³-hybridized carbons (Fsp3) is 0.552. The van der Waals surface area contributed by atoms with E-state index in [9.17, 15) is 53.4 Å². The summed E-state index contributed by atoms with van der Waals surface area (Å²) >= 11 is 8.07. The Bertz CT molecular complexity index is 4160. The van der Waals surface area contributed by atoms with Crippen molar-refractivity contribution in [3.8, 4) is 5.75 Å². The zero-order chi connectivity index (χ0) is 84.4. The van der Waals surface area contributed by atoms with Crippen LogP contribution in [0.1, 0.15) is 140 Å². The van der Waals surface area contributed by atoms with Gasteiger partial charge in [0.05, 0.1) is 66.6 Å². The van der Waals surface area contributed by atoms with Gasteiger partial charge in [-0.1, -0.05) is 66.6 Å². The highest BCUT2D eigenvalue weighted by atomic mass is 35.5. The third-order valence-corrected chi connectivity index (χ3v) is 25.6. The predicted octanol–water partition coefficient (Wildman–Crippen LogP) is 8.50. The number of aliphatic hydroxyl groups excluding tert-OH is 1. The number of carbonyl (C=O) groups excluding carboxylic acids is 9. The summed E-state index contributed by atoms with van der Waals surface area (Å²) in [6.45, 7) is 10.3. The van der Waals surface area contributed by atoms with Crippen molar-refractivity contribution in [3.63, 3.8) is 0 Å². The summed E-state index contributed by atoms with van der Waals surface area (Å²) < 4.78 is 35.0. The van der Waals surface area contributed by atoms with Gasteiger partial charge in [-0.3, -0.25) is 68.7 Å². The van der Waals surface area contributed by atoms with E-state index in [1.807, 2.05) is 85.8 Å². The number of amides is 7. The summed E-state index contributed by atoms with van der Waals surface area (Å²) in [7, 11) is 7.17. The number of aliphatic hydroxyl groups is 2. The second-order valence-electron chi connectivity index (χ2n) is 32.5. The van der Waals surface area contributed by atoms with Gasteiger partial charge in [-0.25, -0.2) is 14.4 Å². The normalized spacial score (nSPS) is 27.3. The van der Waals surface area contributed by atoms with E-state index >= 15 is 0 Å². The maximum atomic E-state index is 14.6. The summed E-state index contributed by atoms with van der Waals surface area (Å²) in [5, 5.41) is 32.5. The van der Waals surface area contributed by atoms with E-state index in [0.717, 1.165) is 33.9 Å². The zero-order valence-corrected chi connectivity index (χ0v) is 70.4. The van der Waals surface area contributed by atoms with Crippen LogP contribution in [0.4, 0.5) is 10.5 Å². The Kier molecular flexibility index (Phi) is 31.6. The van der Waals surface area contributed by atoms with Crippen molar-refractivity contribution < 1.29 is 81.8 Å². The van der Waals surface area contributed by atoms with Crippen LogP contribution in [0.3, 0.4) is 0 Å². The van der Waals surface area contributed by atoms with Crippen LogP contribution in [0.15, 0.2) is 134 Å². The average molecular weight is 1670 g/mol. The van der Waals surface area contributed by atoms with Gasteiger partial charge >= 0.3 is 18.0 Å². The van der Waals surface area contributed by atoms with Crippen molar-refractivity contribution in [2.45, 2.75) is 203 Å². The molecule has 3 saturated heterocycles. The van der Waals surface area contributed by atoms with Gasteiger partial charge < -0.3 is 59.1 Å². The molecule has 4 aliphatic heterocycles. The Morgan fingerprint density at radius 2 is 1.39 bits per heavy atom. The third kappa shape index (κ3) is 23.6. The second-order valence-corrected chi connectivity index (χ2v) is 34.2. The number of pyridine rings is 4. The monoisotopic (exact) mass is 1660 g/mol. The largest absolute Gasteiger partial charge is 0.495 e. The van der Waals surface area contributed by atoms with Crippen LogP contribution >= 0.6 is 23.4 Å². The van der Waals surface area contributed by atoms with Gasteiger partial charge in [-0.05, 0) is 168 Å². The van der Waals surface area contributed by atoms with Crippen LogP contribution in [0, 0.1) is 35.5 Å². The number of alkyl carbamates (subject to hydrolysis) is 1. The number of carbonyl (C=O) groups is 9. The van der Waals surface area contributed by atoms with E-state index in [-0.39, 0.29) is 109 Å². The minimum Gasteiger partial charge on any atom is -0.495 e. The molecule has 0 spiro atoms. The molecule has 5 fully saturated rings. The number of likely N-dealkylation sites (N-methyl/N-ethyl adjacent to an activating group) is 1. The summed E-state index contributed by atoms with van der Waals surface area (Å²) in [5.74, 6) is -4.68. The molecule has 2 saturated carbocycles. The van der Waals surface area contributed by atoms with Crippen LogP contribution < -0.4 is 25.6 Å². The molecule has 7 amide bonds. The Morgan fingerprint density at radius 3 is 1.94 bits per heavy atom. The Hall–Kier alpha value is -9.27. The number of rotatable bonds is 32. The number of esters is 2. The number of anilines is 1. The number of halogens is 1. The van der Waals surface area contributed by atoms with Crippen molar-refractivity contribution in [1.82, 2.24) is 55.5 Å². The highest BCUT2D eigenvalue weighted by Crippen LogP contribution is 2.50. The Morgan fingerprint density at radius 1 is 0.797 bits per heavy atom. The molecule has 4 aromatic heterocycles. The van der Waals surface area contributed by atoms with Gasteiger partial charge in [0, 0.05) is 142 Å². The molecular weight excluding hydrogens is 1550 g/mol. The number of thioether (sulfide) groups is 1. The van der Waals surface area contributed by atoms with Crippen molar-refractivity contribution in [2.75, 3.05) is 72.3 Å². The second kappa shape index (κ2) is 41.6. The van der Waals surface area contributed by atoms with Crippen LogP contribution in [-0.2, 0) is 94.6 Å². The first-order chi connectivity index (χ1) is 56.6. The first kappa shape index (κ1) is 89.5. The zero-order valence-electron chi connectivity index (χ0n) is 68.8. The number of benzene rings is 1. The van der Waals surface area contributed by atoms with Crippen LogP contribution in [0.25, 0.3) is 0 Å². The van der Waals surface area contributed by atoms with Crippen molar-refractivity contribution in [2.24, 2.45) is 35.5 Å². The highest BCUT2D eigenvalue weighted by Gasteiger charge is 2.65. The molecule has 118 heavy (non-hydrogen) atoms. The minimum atomic E-state index is -1.91. The Labute approximate surface area is 699 Å². The van der Waals surface area contributed by atoms with Crippen LogP contribution in [0.2, 0.25) is 5.02 Å². The molecule has 636 valence electrons. The predicted molar refractivity (Wildman–Crippen MR) is 440 cm³/mol. The molecule has 12 atom stereocenters. The van der Waals surface area contributed by atoms with Crippen molar-refractivity contribution >= 4 is 82.5 Å². The number of ether oxygens (including phenoxy) is 6. The molecule has 6 aliphatic rings. The SMILES string of the molecule is COC(=O)C(CC1CC(CN(Cc2ccccn2)Cc2ccccn2)C(O)C(CN(Cc2ccccn2)Cc2ccccn2)C1)NC(=O)CCCNC(=O)C1CCC(CN2C(=O)CC(SCCC(=O)N(C)[C@@H](C)C(=O)OC3CC(=O)N(C)c4cc(cc(OC)c4Cl)C/C(C)=C/C=C/[C@@H](OC)[C@@]4(O)C[C@H](OC(=O)N4)[C@@H](C)[C@@H]4O[C@]34C)C2=O)CC1. The number of methoxy groups -OCH3 is 3. The molecule has 5 unspecified atom stereocenters. The summed E-state index contributed by atoms with van der Waals surface area (Å²) in [4.78, 5) is 152. The summed E-state index contributed by atoms with van der Waals surface area (Å²) in [5.41, 5.74) is 2.21. The van der Waals surface area contributed by atoms with Gasteiger partial charge in [-0.2, -0.15) is 0 Å². The number of fused-ring (bicyclic) bond motifs is 5. The van der Waals surface area contributed by atoms with Gasteiger partial charge in [0.1, 0.15) is 46.8 Å². The molecular formula is C87H113ClN12O17S. The van der Waals surface area contributed by atoms with E-state index in [2.05, 4.69) is 45.7 Å². The number of hydrogen-bond donors (Lipinski definition) is 5. The van der Waals surface area contributed by atoms with E-state index < -0.39 is 101 Å². The molecule has 31 heteroatoms. The molecule has 5 N–H and O–H groups in total. The number of epoxide rings is 1. The van der Waals surface area contributed by atoms with E-state index in [4.69, 9.17) is 40.0 Å². The topological polar surface area (TPSA) is 357 Å². The van der Waals surface area contributed by atoms with Crippen LogP contribution in [-0.4, -0.2) is 230 Å². The highest BCUT2D eigenvalue weighted by molar-refractivity contribution is 8.00. The van der Waals surface area contributed by atoms with Crippen molar-refractivity contribution in [1.29, 1.82) is 0 Å². The van der Waals surface area contributed by atoms with Gasteiger partial charge in [0.2, 0.25) is 35.4 Å². The van der Waals surface area contributed by atoms with E-state index in [1.165, 1.54) is 61.8 Å². The maximum Gasteiger partial charge on any atom is 0.409 e. The number of aromatic nitrogens is 4. The first-order valence-electron chi connectivity index (χ1n) is 40.8. The fourth-order valence-electron chi connectivity index (χ4n) is 17.2. The molecule has 1 aromatic carbocycles. The molecule has 2 aliphatic carbocycles. The Balaban J connectivity index is 0.640. The number of allylic oxidation sites excluding steroid dienone is 3. The van der Waals surface area contributed by atoms with Crippen molar-refractivity contribution in [3.05, 3.63) is 167 Å². The number of imide groups is 1. The summed E-state index contributed by atoms with van der Waals surface area (Å²) in [6.07, 6.45) is 10.4. The molecule has 4 bridgehead atoms. The smallest absolute Gasteiger partial charge is 0.409 e. The molecule has 5 aromatic rings. The van der Waals surface area contributed by atoms with Gasteiger partial charge in [0.15, 0.2) is 5.72 Å². The standard InChI is InChI=1S/C87H113ClN12O17S/c1-54-20-18-25-72(113-8)87(111)46-70(115-85(110)95-87)55(2)80-86(4,117-80)73(45-76(103)97(6)68-42-58(38-54)43-69(112-7)78(68)88)116-83(108)56(3)96(5)75(102)31-37-118-71-44-77(104)100(82(71)107)47-57-27-29-60(30-28-57)81(106)93-36-19-26-74(101)94-67(84(109)114-9)41-59-39-61(48-98(50-63-21-10-14-32-89-63)51-64-22-11-15-33-90-64)79(105)62(40-59)49-99(52-65-23-12-16-34-91-65)53-66-24-13-17-35-92-66/h10-18,20-25,32-35,42-43,55-57,59-62,67,70-73,79-80,105,111H,19,26-31,36-41,44-53H2,1-9H3,(H,93,106)(H,94,101)(H,95,110)/b25-18+,54-20+/t55-,56+,57?,59?,60?,61?,62?,67?,70+,71?,72-,73?,79?,80+,86-,87+/m1/s1. The van der Waals surface area contributed by atoms with Gasteiger partial charge in [0.25, 0.3) is 0 Å². The molecule has 0 radical (unpaired) electrons. The minimum absolute atomic E-state index is 0.0277. The van der Waals surface area contributed by atoms with Gasteiger partial charge in [-0.15, -0.1) is 11.8 Å². The number of likely N-dealkylation sites (tertiary alicyclic amines) is 1. The average Bonchev–Trinajstić information content (AvgIpc) is 1.57. The first-order valence-corrected chi connectivity index (χ1v) is 42.2. The quantitative estimate of drug-likeness (QED) is 0.00885. The lowest BCUT2D eigenvalue weighted by Crippen LogP contribution is -2.63. The lowest BCUT2D eigenvalue weighted by Gasteiger charge is -2.43. The summed E-state index contributed by atoms with van der Waals surface area (Å²) in [6, 6.07) is 24.6. The van der Waals surface area contributed by atoms with Crippen LogP contribution in [0.5, 0.6) is 5.75 Å². The molecule has 29 nitrogen and oxygen atoms in total. The molecule has 8 heterocycles. The maximum absolute atomic E-state index is 14.6. The van der Waals surface area contributed by atoms with E-state index in [0.29, 0.717) is 102 Å². The number of nitrogens with one attached hydrogen (secondary N) is 3. The lowest BCUT2D eigenvalue weighted by molar-refractivity contribution is -0.162. The number of nitrogens with zero attached hydrogens (tertiary/aromatic N) is 9. The number of hydrogen-bond acceptors (Lipinski definition) is 24. The lowest BCUT2D eigenvalue weighted by atomic mass is 9.70. The van der Waals surface area contributed by atoms with E-state index in [1.54, 1.807) is 70.0 Å².